The number of nitrogens with one attached hydrogen (secondary N) is 1. The minimum absolute atomic E-state index is 0.402. The van der Waals surface area contributed by atoms with Crippen LogP contribution in [0.2, 0.25) is 10.0 Å². The van der Waals surface area contributed by atoms with Gasteiger partial charge in [0, 0.05) is 22.7 Å². The summed E-state index contributed by atoms with van der Waals surface area (Å²) >= 11 is 12.5. The molecule has 2 aromatic carbocycles. The van der Waals surface area contributed by atoms with Gasteiger partial charge in [-0.15, -0.1) is 0 Å². The highest BCUT2D eigenvalue weighted by atomic mass is 35.5. The molecule has 5 aromatic rings. The molecule has 5 rings (SSSR count). The number of alkyl halides is 3. The lowest BCUT2D eigenvalue weighted by Gasteiger charge is -2.10. The number of hydrogen-bond donors (Lipinski definition) is 2. The summed E-state index contributed by atoms with van der Waals surface area (Å²) in [6, 6.07) is 14.3. The van der Waals surface area contributed by atoms with E-state index in [2.05, 4.69) is 26.2 Å². The highest BCUT2D eigenvalue weighted by Gasteiger charge is 2.38. The second kappa shape index (κ2) is 10.3. The summed E-state index contributed by atoms with van der Waals surface area (Å²) < 4.78 is 39.6. The Morgan fingerprint density at radius 1 is 1.19 bits per heavy atom. The molecule has 3 aromatic heterocycles. The third-order valence-electron chi connectivity index (χ3n) is 4.88. The van der Waals surface area contributed by atoms with Gasteiger partial charge in [0.25, 0.3) is 0 Å². The lowest BCUT2D eigenvalue weighted by atomic mass is 10.2. The van der Waals surface area contributed by atoms with Crippen molar-refractivity contribution in [3.8, 4) is 17.6 Å². The Labute approximate surface area is 215 Å². The van der Waals surface area contributed by atoms with E-state index in [9.17, 15) is 13.2 Å². The molecule has 2 N–H and O–H groups in total. The largest absolute Gasteiger partial charge is 0.490 e. The smallest absolute Gasteiger partial charge is 0.475 e. The first kappa shape index (κ1) is 25.7. The van der Waals surface area contributed by atoms with E-state index in [0.717, 1.165) is 22.1 Å². The first-order chi connectivity index (χ1) is 17.5. The van der Waals surface area contributed by atoms with E-state index in [0.29, 0.717) is 39.3 Å². The number of nitriles is 1. The molecule has 0 bridgehead atoms. The number of benzene rings is 2. The molecule has 0 saturated carbocycles. The monoisotopic (exact) mass is 548 g/mol. The lowest BCUT2D eigenvalue weighted by molar-refractivity contribution is -0.192. The maximum Gasteiger partial charge on any atom is 0.490 e. The number of carboxylic acids is 1. The molecule has 0 saturated heterocycles. The van der Waals surface area contributed by atoms with Gasteiger partial charge in [0.15, 0.2) is 5.65 Å². The molecule has 3 heterocycles. The first-order valence-electron chi connectivity index (χ1n) is 10.2. The minimum atomic E-state index is -5.08. The van der Waals surface area contributed by atoms with Gasteiger partial charge in [-0.2, -0.15) is 23.5 Å². The van der Waals surface area contributed by atoms with E-state index < -0.39 is 12.1 Å². The molecular formula is C23H13Cl2F3N6O3. The summed E-state index contributed by atoms with van der Waals surface area (Å²) in [5, 5.41) is 25.3. The second-order valence-corrected chi connectivity index (χ2v) is 8.26. The van der Waals surface area contributed by atoms with Crippen LogP contribution < -0.4 is 4.74 Å². The van der Waals surface area contributed by atoms with Gasteiger partial charge < -0.3 is 14.4 Å². The number of rotatable bonds is 4. The first-order valence-corrected chi connectivity index (χ1v) is 10.9. The molecule has 0 aliphatic carbocycles. The predicted molar refractivity (Wildman–Crippen MR) is 128 cm³/mol. The quantitative estimate of drug-likeness (QED) is 0.283. The normalized spacial score (nSPS) is 11.1. The van der Waals surface area contributed by atoms with E-state index in [-0.39, 0.29) is 0 Å². The van der Waals surface area contributed by atoms with Crippen LogP contribution >= 0.6 is 23.2 Å². The van der Waals surface area contributed by atoms with Crippen LogP contribution in [0.15, 0.2) is 55.0 Å². The molecule has 0 fully saturated rings. The Hall–Kier alpha value is -4.34. The zero-order chi connectivity index (χ0) is 26.7. The van der Waals surface area contributed by atoms with Gasteiger partial charge in [-0.3, -0.25) is 5.10 Å². The molecule has 14 heteroatoms. The summed E-state index contributed by atoms with van der Waals surface area (Å²) in [7, 11) is 0. The van der Waals surface area contributed by atoms with Crippen molar-refractivity contribution in [2.75, 3.05) is 0 Å². The Kier molecular flexibility index (Phi) is 7.19. The van der Waals surface area contributed by atoms with Gasteiger partial charge in [0.2, 0.25) is 0 Å². The molecule has 0 radical (unpaired) electrons. The Balaban J connectivity index is 0.000000405. The highest BCUT2D eigenvalue weighted by Crippen LogP contribution is 2.34. The number of aromatic amines is 1. The number of hydrogen-bond acceptors (Lipinski definition) is 6. The van der Waals surface area contributed by atoms with Crippen molar-refractivity contribution in [1.82, 2.24) is 24.7 Å². The van der Waals surface area contributed by atoms with Crippen LogP contribution in [-0.2, 0) is 11.3 Å². The number of imidazole rings is 1. The highest BCUT2D eigenvalue weighted by molar-refractivity contribution is 6.32. The molecule has 0 amide bonds. The number of pyridine rings is 1. The summed E-state index contributed by atoms with van der Waals surface area (Å²) in [5.74, 6) is -1.89. The van der Waals surface area contributed by atoms with Crippen molar-refractivity contribution >= 4 is 51.2 Å². The van der Waals surface area contributed by atoms with Crippen molar-refractivity contribution < 1.29 is 27.8 Å². The van der Waals surface area contributed by atoms with Crippen molar-refractivity contribution in [3.63, 3.8) is 0 Å². The summed E-state index contributed by atoms with van der Waals surface area (Å²) in [5.41, 5.74) is 3.56. The zero-order valence-corrected chi connectivity index (χ0v) is 19.8. The van der Waals surface area contributed by atoms with Gasteiger partial charge in [-0.25, -0.2) is 14.8 Å². The Morgan fingerprint density at radius 2 is 1.95 bits per heavy atom. The van der Waals surface area contributed by atoms with Crippen LogP contribution in [0.5, 0.6) is 11.5 Å². The predicted octanol–water partition coefficient (Wildman–Crippen LogP) is 5.96. The summed E-state index contributed by atoms with van der Waals surface area (Å²) in [6.45, 7) is 0.523. The van der Waals surface area contributed by atoms with Gasteiger partial charge >= 0.3 is 12.1 Å². The fourth-order valence-electron chi connectivity index (χ4n) is 3.27. The van der Waals surface area contributed by atoms with Crippen molar-refractivity contribution in [2.24, 2.45) is 0 Å². The lowest BCUT2D eigenvalue weighted by Crippen LogP contribution is -2.21. The average Bonchev–Trinajstić information content (AvgIpc) is 3.43. The van der Waals surface area contributed by atoms with Crippen LogP contribution in [0, 0.1) is 11.3 Å². The number of aliphatic carboxylic acids is 1. The SMILES string of the molecule is N#Cc1cc(Cl)cc(Oc2cc3c(cc2Cl)ncn3Cc2[nH]nc3ncccc23)c1.O=C(O)C(F)(F)F. The summed E-state index contributed by atoms with van der Waals surface area (Å²) in [4.78, 5) is 17.6. The number of halogens is 5. The average molecular weight is 549 g/mol. The van der Waals surface area contributed by atoms with E-state index in [1.807, 2.05) is 22.8 Å². The van der Waals surface area contributed by atoms with Crippen LogP contribution in [0.3, 0.4) is 0 Å². The molecule has 0 spiro atoms. The molecule has 0 unspecified atom stereocenters. The third kappa shape index (κ3) is 5.91. The van der Waals surface area contributed by atoms with E-state index in [1.165, 1.54) is 0 Å². The van der Waals surface area contributed by atoms with Crippen LogP contribution in [0.4, 0.5) is 13.2 Å². The zero-order valence-electron chi connectivity index (χ0n) is 18.3. The molecule has 37 heavy (non-hydrogen) atoms. The topological polar surface area (TPSA) is 130 Å². The van der Waals surface area contributed by atoms with Crippen LogP contribution in [-0.4, -0.2) is 42.0 Å². The van der Waals surface area contributed by atoms with Crippen LogP contribution in [0.1, 0.15) is 11.3 Å². The van der Waals surface area contributed by atoms with Gasteiger partial charge in [-0.05, 0) is 36.4 Å². The van der Waals surface area contributed by atoms with Crippen molar-refractivity contribution in [2.45, 2.75) is 12.7 Å². The molecule has 9 nitrogen and oxygen atoms in total. The summed E-state index contributed by atoms with van der Waals surface area (Å²) in [6.07, 6.45) is -1.64. The molecule has 0 aliphatic heterocycles. The molecule has 188 valence electrons. The number of carbonyl (C=O) groups is 1. The van der Waals surface area contributed by atoms with Gasteiger partial charge in [0.05, 0.1) is 46.3 Å². The van der Waals surface area contributed by atoms with Gasteiger partial charge in [0.1, 0.15) is 11.5 Å². The number of nitrogens with zero attached hydrogens (tertiary/aromatic N) is 5. The molecule has 0 atom stereocenters. The van der Waals surface area contributed by atoms with E-state index in [1.54, 1.807) is 36.8 Å². The third-order valence-corrected chi connectivity index (χ3v) is 5.40. The fraction of sp³-hybridized carbons (Fsp3) is 0.0870. The fourth-order valence-corrected chi connectivity index (χ4v) is 3.69. The Bertz CT molecular complexity index is 1660. The molecular weight excluding hydrogens is 536 g/mol. The minimum Gasteiger partial charge on any atom is -0.475 e. The van der Waals surface area contributed by atoms with Crippen molar-refractivity contribution in [1.29, 1.82) is 5.26 Å². The maximum absolute atomic E-state index is 10.6. The van der Waals surface area contributed by atoms with E-state index >= 15 is 0 Å². The molecule has 0 aliphatic rings. The number of carboxylic acid groups (broad SMARTS) is 1. The number of ether oxygens (including phenoxy) is 1. The maximum atomic E-state index is 10.6. The van der Waals surface area contributed by atoms with Gasteiger partial charge in [-0.1, -0.05) is 23.2 Å². The van der Waals surface area contributed by atoms with Crippen molar-refractivity contribution in [3.05, 3.63) is 76.3 Å². The number of fused-ring (bicyclic) bond motifs is 2. The van der Waals surface area contributed by atoms with Crippen LogP contribution in [0.25, 0.3) is 22.1 Å². The number of H-pyrrole nitrogens is 1. The number of aromatic nitrogens is 5. The standard InChI is InChI=1S/C21H12Cl2N6O.C2HF3O2/c22-13-4-12(9-24)5-14(6-13)30-20-8-19-17(7-16(20)23)26-11-29(19)10-18-15-2-1-3-25-21(15)28-27-18;3-2(4,5)1(6)7/h1-8,11H,10H2,(H,25,27,28);(H,6,7). The van der Waals surface area contributed by atoms with E-state index in [4.69, 9.17) is 43.1 Å². The second-order valence-electron chi connectivity index (χ2n) is 7.41. The Morgan fingerprint density at radius 3 is 2.65 bits per heavy atom.